The fourth-order valence-corrected chi connectivity index (χ4v) is 0. The second-order valence-electron chi connectivity index (χ2n) is 1.36. The van der Waals surface area contributed by atoms with E-state index in [0.717, 1.165) is 0 Å². The molecule has 0 rings (SSSR count). The Labute approximate surface area is 85.6 Å². The summed E-state index contributed by atoms with van der Waals surface area (Å²) in [6, 6.07) is 0. The zero-order valence-electron chi connectivity index (χ0n) is 5.07. The van der Waals surface area contributed by atoms with Crippen LogP contribution in [0.4, 0.5) is 0 Å². The third-order valence-electron chi connectivity index (χ3n) is 0.493. The molecule has 0 aliphatic carbocycles. The van der Waals surface area contributed by atoms with E-state index >= 15 is 0 Å². The average molecular weight is 162 g/mol. The number of amides is 1. The van der Waals surface area contributed by atoms with E-state index in [9.17, 15) is 4.79 Å². The summed E-state index contributed by atoms with van der Waals surface area (Å²) in [5.74, 6) is 0.324. The van der Waals surface area contributed by atoms with Gasteiger partial charge in [-0.1, -0.05) is 0 Å². The molecule has 0 aromatic heterocycles. The molecule has 0 unspecified atom stereocenters. The number of hydrogen-bond donors (Lipinski definition) is 1. The third-order valence-corrected chi connectivity index (χ3v) is 0.493. The summed E-state index contributed by atoms with van der Waals surface area (Å²) in [7, 11) is 0. The van der Waals surface area contributed by atoms with Crippen LogP contribution in [0.5, 0.6) is 0 Å². The molecule has 1 amide bonds. The molecule has 0 aliphatic heterocycles. The summed E-state index contributed by atoms with van der Waals surface area (Å²) < 4.78 is 0. The van der Waals surface area contributed by atoms with Crippen LogP contribution in [-0.4, -0.2) is 43.6 Å². The maximum absolute atomic E-state index is 9.88. The molecule has 0 aromatic carbocycles. The van der Waals surface area contributed by atoms with Gasteiger partial charge in [0.2, 0.25) is 0 Å². The number of primary amides is 1. The van der Waals surface area contributed by atoms with Gasteiger partial charge in [-0.3, -0.25) is 5.92 Å². The van der Waals surface area contributed by atoms with Crippen molar-refractivity contribution in [1.82, 2.24) is 0 Å². The maximum Gasteiger partial charge on any atom is 2.00 e. The number of hydrogen-bond acceptors (Lipinski definition) is 1. The monoisotopic (exact) mass is 161 g/mol. The zero-order chi connectivity index (χ0) is 5.15. The molecule has 2 nitrogen and oxygen atoms in total. The summed E-state index contributed by atoms with van der Waals surface area (Å²) in [4.78, 5) is 9.88. The minimum absolute atomic E-state index is 0. The van der Waals surface area contributed by atoms with E-state index in [1.165, 1.54) is 0 Å². The van der Waals surface area contributed by atoms with E-state index in [1.54, 1.807) is 13.8 Å². The molecule has 0 saturated carbocycles. The second kappa shape index (κ2) is 7.89. The van der Waals surface area contributed by atoms with E-state index in [-0.39, 0.29) is 56.1 Å². The van der Waals surface area contributed by atoms with Gasteiger partial charge in [0.25, 0.3) is 0 Å². The molecule has 0 spiro atoms. The van der Waals surface area contributed by atoms with E-state index < -0.39 is 0 Å². The topological polar surface area (TPSA) is 43.1 Å². The van der Waals surface area contributed by atoms with Gasteiger partial charge < -0.3 is 22.9 Å². The van der Waals surface area contributed by atoms with Crippen molar-refractivity contribution in [2.45, 2.75) is 13.8 Å². The molecule has 0 heterocycles. The third kappa shape index (κ3) is 10.00. The SMILES string of the molecule is C[C-](C)C(N)=O.[Ca+2].[Cl-]. The first-order chi connectivity index (χ1) is 2.64. The van der Waals surface area contributed by atoms with Crippen LogP contribution in [-0.2, 0) is 4.79 Å². The van der Waals surface area contributed by atoms with Crippen molar-refractivity contribution in [3.8, 4) is 0 Å². The molecule has 44 valence electrons. The van der Waals surface area contributed by atoms with Crippen LogP contribution < -0.4 is 18.1 Å². The molecule has 0 aromatic rings. The molecule has 8 heavy (non-hydrogen) atoms. The van der Waals surface area contributed by atoms with Crippen LogP contribution in [0.15, 0.2) is 0 Å². The standard InChI is InChI=1S/C4H8NO.Ca.ClH/c1-3(2)4(5)6;;/h1-2H3,(H2,5,6);;1H/q-1;+2;/p-1. The first-order valence-corrected chi connectivity index (χ1v) is 1.74. The molecule has 4 heteroatoms. The van der Waals surface area contributed by atoms with Crippen molar-refractivity contribution in [2.75, 3.05) is 0 Å². The zero-order valence-corrected chi connectivity index (χ0v) is 8.03. The molecule has 0 bridgehead atoms. The van der Waals surface area contributed by atoms with E-state index in [1.807, 2.05) is 0 Å². The Morgan fingerprint density at radius 1 is 1.50 bits per heavy atom. The van der Waals surface area contributed by atoms with Gasteiger partial charge in [-0.2, -0.15) is 13.8 Å². The van der Waals surface area contributed by atoms with Gasteiger partial charge in [-0.15, -0.1) is 0 Å². The van der Waals surface area contributed by atoms with Crippen molar-refractivity contribution in [2.24, 2.45) is 5.73 Å². The Hall–Kier alpha value is 0.890. The quantitative estimate of drug-likeness (QED) is 0.318. The number of carbonyl (C=O) groups is 1. The predicted octanol–water partition coefficient (Wildman–Crippen LogP) is -3.29. The summed E-state index contributed by atoms with van der Waals surface area (Å²) in [5, 5.41) is 0. The Balaban J connectivity index is -0.000000125. The Bertz CT molecular complexity index is 67.1. The van der Waals surface area contributed by atoms with Crippen molar-refractivity contribution >= 4 is 43.6 Å². The fraction of sp³-hybridized carbons (Fsp3) is 0.500. The number of nitrogens with two attached hydrogens (primary N) is 1. The van der Waals surface area contributed by atoms with Gasteiger partial charge in [0.15, 0.2) is 0 Å². The molecular weight excluding hydrogens is 154 g/mol. The van der Waals surface area contributed by atoms with Crippen molar-refractivity contribution in [3.63, 3.8) is 0 Å². The molecule has 0 radical (unpaired) electrons. The van der Waals surface area contributed by atoms with Gasteiger partial charge in [0.05, 0.1) is 5.91 Å². The molecule has 2 N–H and O–H groups in total. The first kappa shape index (κ1) is 16.0. The normalized spacial score (nSPS) is 5.75. The first-order valence-electron chi connectivity index (χ1n) is 1.74. The van der Waals surface area contributed by atoms with Gasteiger partial charge in [0, 0.05) is 0 Å². The molecule has 0 fully saturated rings. The number of rotatable bonds is 1. The predicted molar refractivity (Wildman–Crippen MR) is 29.5 cm³/mol. The van der Waals surface area contributed by atoms with E-state index in [4.69, 9.17) is 5.73 Å². The number of halogens is 1. The average Bonchev–Trinajstić information content (AvgIpc) is 1.36. The van der Waals surface area contributed by atoms with E-state index in [2.05, 4.69) is 0 Å². The Kier molecular flexibility index (Phi) is 15.7. The number of carbonyl (C=O) groups excluding carboxylic acids is 1. The van der Waals surface area contributed by atoms with Gasteiger partial charge in [-0.25, -0.2) is 0 Å². The van der Waals surface area contributed by atoms with Crippen LogP contribution in [0.3, 0.4) is 0 Å². The van der Waals surface area contributed by atoms with Crippen LogP contribution >= 0.6 is 0 Å². The Morgan fingerprint density at radius 3 is 1.62 bits per heavy atom. The van der Waals surface area contributed by atoms with Gasteiger partial charge >= 0.3 is 37.7 Å². The minimum atomic E-state index is -0.324. The van der Waals surface area contributed by atoms with Crippen LogP contribution in [0.25, 0.3) is 0 Å². The van der Waals surface area contributed by atoms with Crippen LogP contribution in [0, 0.1) is 5.92 Å². The largest absolute Gasteiger partial charge is 2.00 e. The minimum Gasteiger partial charge on any atom is -1.00 e. The van der Waals surface area contributed by atoms with E-state index in [0.29, 0.717) is 5.92 Å². The second-order valence-corrected chi connectivity index (χ2v) is 1.36. The smallest absolute Gasteiger partial charge is 1.00 e. The van der Waals surface area contributed by atoms with Crippen molar-refractivity contribution in [1.29, 1.82) is 0 Å². The van der Waals surface area contributed by atoms with Gasteiger partial charge in [-0.05, 0) is 0 Å². The van der Waals surface area contributed by atoms with Crippen LogP contribution in [0.1, 0.15) is 13.8 Å². The molecule has 0 atom stereocenters. The molecule has 0 aliphatic rings. The summed E-state index contributed by atoms with van der Waals surface area (Å²) >= 11 is 0. The summed E-state index contributed by atoms with van der Waals surface area (Å²) in [5.41, 5.74) is 4.76. The Morgan fingerprint density at radius 2 is 1.62 bits per heavy atom. The molecular formula is C4H8CaClNO. The van der Waals surface area contributed by atoms with Crippen molar-refractivity contribution in [3.05, 3.63) is 5.92 Å². The summed E-state index contributed by atoms with van der Waals surface area (Å²) in [6.07, 6.45) is 0. The van der Waals surface area contributed by atoms with Crippen molar-refractivity contribution < 1.29 is 17.2 Å². The summed E-state index contributed by atoms with van der Waals surface area (Å²) in [6.45, 7) is 3.37. The molecule has 0 saturated heterocycles. The van der Waals surface area contributed by atoms with Crippen LogP contribution in [0.2, 0.25) is 0 Å². The fourth-order valence-electron chi connectivity index (χ4n) is 0. The maximum atomic E-state index is 9.88. The van der Waals surface area contributed by atoms with Gasteiger partial charge in [0.1, 0.15) is 0 Å².